The molecule has 3 aliphatic carbocycles. The van der Waals surface area contributed by atoms with Gasteiger partial charge in [-0.25, -0.2) is 19.2 Å². The fourth-order valence-electron chi connectivity index (χ4n) is 11.4. The predicted octanol–water partition coefficient (Wildman–Crippen LogP) is 7.85. The number of amides is 1. The Morgan fingerprint density at radius 2 is 1.46 bits per heavy atom. The van der Waals surface area contributed by atoms with Gasteiger partial charge in [-0.3, -0.25) is 19.3 Å². The number of rotatable bonds is 9. The largest absolute Gasteiger partial charge is 0.508 e. The molecule has 2 saturated carbocycles. The van der Waals surface area contributed by atoms with Crippen molar-refractivity contribution in [1.29, 1.82) is 0 Å². The number of fused-ring (bicyclic) bond motifs is 5. The van der Waals surface area contributed by atoms with Gasteiger partial charge in [0.1, 0.15) is 54.0 Å². The number of halogens is 3. The van der Waals surface area contributed by atoms with Crippen molar-refractivity contribution in [2.45, 2.75) is 158 Å². The monoisotopic (exact) mass is 1060 g/mol. The lowest BCUT2D eigenvalue weighted by Crippen LogP contribution is -2.82. The second-order valence-electron chi connectivity index (χ2n) is 21.1. The summed E-state index contributed by atoms with van der Waals surface area (Å²) in [4.78, 5) is 101. The lowest BCUT2D eigenvalue weighted by Gasteiger charge is -2.67. The molecule has 392 valence electrons. The van der Waals surface area contributed by atoms with E-state index in [9.17, 15) is 29.1 Å². The van der Waals surface area contributed by atoms with Crippen LogP contribution in [0.15, 0.2) is 71.8 Å². The number of nitrogens with zero attached hydrogens (tertiary/aromatic N) is 1. The minimum atomic E-state index is -2.50. The highest BCUT2D eigenvalue weighted by atomic mass is 35.6. The number of esters is 4. The molecule has 18 nitrogen and oxygen atoms in total. The molecule has 2 bridgehead atoms. The molecule has 2 saturated heterocycles. The summed E-state index contributed by atoms with van der Waals surface area (Å²) in [5.74, 6) is -6.47. The molecule has 1 amide bonds. The number of alkyl halides is 3. The van der Waals surface area contributed by atoms with Crippen molar-refractivity contribution in [1.82, 2.24) is 4.90 Å². The number of ketones is 1. The molecule has 1 N–H and O–H groups in total. The third kappa shape index (κ3) is 9.91. The average molecular weight is 1070 g/mol. The summed E-state index contributed by atoms with van der Waals surface area (Å²) in [6.45, 7) is 15.2. The molecule has 72 heavy (non-hydrogen) atoms. The Kier molecular flexibility index (Phi) is 14.7. The summed E-state index contributed by atoms with van der Waals surface area (Å²) in [7, 11) is 0. The maximum absolute atomic E-state index is 16.2. The maximum atomic E-state index is 16.2. The van der Waals surface area contributed by atoms with Gasteiger partial charge in [-0.1, -0.05) is 97.2 Å². The van der Waals surface area contributed by atoms with Crippen molar-refractivity contribution in [2.75, 3.05) is 13.2 Å². The summed E-state index contributed by atoms with van der Waals surface area (Å²) in [5.41, 5.74) is -10.2. The molecule has 11 atom stereocenters. The molecular weight excluding hydrogens is 1000 g/mol. The first-order valence-corrected chi connectivity index (χ1v) is 24.5. The van der Waals surface area contributed by atoms with Crippen LogP contribution >= 0.6 is 34.8 Å². The lowest BCUT2D eigenvalue weighted by molar-refractivity contribution is -0.346. The summed E-state index contributed by atoms with van der Waals surface area (Å²) >= 11 is 17.7. The SMILES string of the molecule is CC(=O)O[C@@H]1C(=O)[C@]2(C)C([C@@H](OC(=O)c3ccccc3)[C@@]3(O)C[C@@H](OC(=O)[C@H]4OC(C)(C)N(C(=O)OC(C)(C)C)[C@@H]4c4ccccc4)C(C)=C1C3(C)C)[C@@]1(OC(C)=O)CO[C@H]1C[C@H]2OC(=O)OCC(Cl)(Cl)Cl. The van der Waals surface area contributed by atoms with Gasteiger partial charge in [0.2, 0.25) is 3.79 Å². The smallest absolute Gasteiger partial charge is 0.456 e. The summed E-state index contributed by atoms with van der Waals surface area (Å²) in [6.07, 6.45) is -12.9. The first kappa shape index (κ1) is 54.8. The fraction of sp³-hybridized carbons (Fsp3) is 0.588. The number of ether oxygens (including phenoxy) is 9. The van der Waals surface area contributed by atoms with E-state index in [4.69, 9.17) is 77.4 Å². The van der Waals surface area contributed by atoms with Crippen LogP contribution in [0.4, 0.5) is 9.59 Å². The highest BCUT2D eigenvalue weighted by Crippen LogP contribution is 2.65. The molecule has 4 fully saturated rings. The molecule has 2 heterocycles. The van der Waals surface area contributed by atoms with Crippen LogP contribution in [0.3, 0.4) is 0 Å². The number of carbonyl (C=O) groups excluding carboxylic acids is 7. The van der Waals surface area contributed by atoms with Crippen molar-refractivity contribution in [3.63, 3.8) is 0 Å². The topological polar surface area (TPSA) is 226 Å². The van der Waals surface area contributed by atoms with Crippen LogP contribution in [0.5, 0.6) is 0 Å². The van der Waals surface area contributed by atoms with E-state index in [1.807, 2.05) is 0 Å². The van der Waals surface area contributed by atoms with Gasteiger partial charge in [-0.2, -0.15) is 0 Å². The van der Waals surface area contributed by atoms with Crippen LogP contribution in [0.25, 0.3) is 0 Å². The van der Waals surface area contributed by atoms with Crippen LogP contribution in [0, 0.1) is 16.7 Å². The van der Waals surface area contributed by atoms with Crippen LogP contribution in [-0.2, 0) is 61.8 Å². The van der Waals surface area contributed by atoms with E-state index in [2.05, 4.69) is 0 Å². The Labute approximate surface area is 432 Å². The van der Waals surface area contributed by atoms with Gasteiger partial charge >= 0.3 is 36.1 Å². The van der Waals surface area contributed by atoms with Gasteiger partial charge in [-0.05, 0) is 77.3 Å². The molecule has 7 rings (SSSR count). The van der Waals surface area contributed by atoms with E-state index < -0.39 is 147 Å². The number of Topliss-reactive ketones (excluding diaryl/α,β-unsaturated/α-hetero) is 1. The van der Waals surface area contributed by atoms with Gasteiger partial charge in [0.05, 0.1) is 23.5 Å². The molecular formula is C51H60Cl3NO17. The summed E-state index contributed by atoms with van der Waals surface area (Å²) < 4.78 is 52.4. The Hall–Kier alpha value is -4.98. The molecule has 0 radical (unpaired) electrons. The Balaban J connectivity index is 1.44. The van der Waals surface area contributed by atoms with E-state index >= 15 is 9.59 Å². The number of hydrogen-bond donors (Lipinski definition) is 1. The predicted molar refractivity (Wildman–Crippen MR) is 255 cm³/mol. The first-order chi connectivity index (χ1) is 33.3. The molecule has 2 aliphatic heterocycles. The minimum Gasteiger partial charge on any atom is -0.456 e. The highest BCUT2D eigenvalue weighted by Gasteiger charge is 2.79. The van der Waals surface area contributed by atoms with E-state index in [1.54, 1.807) is 97.0 Å². The second-order valence-corrected chi connectivity index (χ2v) is 23.6. The maximum Gasteiger partial charge on any atom is 0.508 e. The van der Waals surface area contributed by atoms with Crippen molar-refractivity contribution < 1.29 is 81.3 Å². The molecule has 1 unspecified atom stereocenters. The molecule has 0 spiro atoms. The quantitative estimate of drug-likeness (QED) is 0.109. The van der Waals surface area contributed by atoms with Crippen molar-refractivity contribution in [2.24, 2.45) is 16.7 Å². The van der Waals surface area contributed by atoms with Crippen molar-refractivity contribution >= 4 is 76.7 Å². The molecule has 5 aliphatic rings. The normalized spacial score (nSPS) is 32.5. The van der Waals surface area contributed by atoms with Crippen LogP contribution in [-0.4, -0.2) is 128 Å². The number of hydrogen-bond acceptors (Lipinski definition) is 17. The van der Waals surface area contributed by atoms with E-state index in [-0.39, 0.29) is 23.1 Å². The first-order valence-electron chi connectivity index (χ1n) is 23.4. The van der Waals surface area contributed by atoms with Crippen LogP contribution < -0.4 is 0 Å². The van der Waals surface area contributed by atoms with Crippen molar-refractivity contribution in [3.8, 4) is 0 Å². The van der Waals surface area contributed by atoms with Gasteiger partial charge in [-0.15, -0.1) is 0 Å². The number of benzene rings is 2. The Morgan fingerprint density at radius 1 is 0.847 bits per heavy atom. The van der Waals surface area contributed by atoms with Gasteiger partial charge in [0.25, 0.3) is 0 Å². The molecule has 2 aromatic carbocycles. The molecule has 21 heteroatoms. The van der Waals surface area contributed by atoms with Gasteiger partial charge in [0, 0.05) is 32.1 Å². The van der Waals surface area contributed by atoms with Crippen LogP contribution in [0.2, 0.25) is 0 Å². The highest BCUT2D eigenvalue weighted by molar-refractivity contribution is 6.67. The molecule has 0 aromatic heterocycles. The minimum absolute atomic E-state index is 0.0156. The third-order valence-electron chi connectivity index (χ3n) is 14.5. The average Bonchev–Trinajstić information content (AvgIpc) is 3.56. The zero-order valence-electron chi connectivity index (χ0n) is 41.8. The molecule has 2 aromatic rings. The Morgan fingerprint density at radius 3 is 2.00 bits per heavy atom. The number of carbonyl (C=O) groups is 7. The zero-order valence-corrected chi connectivity index (χ0v) is 44.0. The van der Waals surface area contributed by atoms with Crippen molar-refractivity contribution in [3.05, 3.63) is 82.9 Å². The van der Waals surface area contributed by atoms with Gasteiger partial charge < -0.3 is 47.7 Å². The van der Waals surface area contributed by atoms with Gasteiger partial charge in [0.15, 0.2) is 23.6 Å². The number of aliphatic hydroxyl groups is 1. The van der Waals surface area contributed by atoms with E-state index in [0.29, 0.717) is 5.56 Å². The zero-order chi connectivity index (χ0) is 53.3. The second kappa shape index (κ2) is 19.4. The lowest BCUT2D eigenvalue weighted by atomic mass is 9.44. The third-order valence-corrected chi connectivity index (χ3v) is 14.9. The summed E-state index contributed by atoms with van der Waals surface area (Å²) in [6, 6.07) is 15.2. The summed E-state index contributed by atoms with van der Waals surface area (Å²) in [5, 5.41) is 14.1. The standard InChI is InChI=1S/C51H60Cl3NO17/c1-26-31(67-42(60)37-35(29-18-14-12-15-19-29)55(47(9,10)71-37)43(61)72-45(4,5)6)23-50(63)40(69-41(59)30-20-16-13-17-21-30)38-48(11,39(58)36(66-27(2)56)34(26)46(50,7)8)32(68-44(62)65-25-51(52,53)54)22-33-49(38,24-64-33)70-28(3)57/h12-21,31-33,35-38,40,63H,22-25H2,1-11H3/t31-,32-,33+,35-,36+,37+,38?,40-,48+,49-,50+/m1/s1. The fourth-order valence-corrected chi connectivity index (χ4v) is 11.5. The van der Waals surface area contributed by atoms with Crippen LogP contribution in [0.1, 0.15) is 111 Å². The van der Waals surface area contributed by atoms with E-state index in [1.165, 1.54) is 30.9 Å². The van der Waals surface area contributed by atoms with E-state index in [0.717, 1.165) is 13.8 Å². The Bertz CT molecular complexity index is 2520.